The van der Waals surface area contributed by atoms with Gasteiger partial charge in [-0.05, 0) is 29.6 Å². The third-order valence-electron chi connectivity index (χ3n) is 3.95. The van der Waals surface area contributed by atoms with Crippen LogP contribution in [0.1, 0.15) is 22.8 Å². The van der Waals surface area contributed by atoms with Crippen molar-refractivity contribution in [1.29, 1.82) is 0 Å². The van der Waals surface area contributed by atoms with Crippen molar-refractivity contribution < 1.29 is 40.7 Å². The Bertz CT molecular complexity index is 1020. The highest BCUT2D eigenvalue weighted by molar-refractivity contribution is 7.91. The Labute approximate surface area is 172 Å². The molecular formula is C17H16F4N2O5S2. The van der Waals surface area contributed by atoms with Gasteiger partial charge in [-0.1, -0.05) is 6.92 Å². The molecule has 0 saturated heterocycles. The van der Waals surface area contributed by atoms with Crippen molar-refractivity contribution in [2.45, 2.75) is 24.1 Å². The molecule has 0 aliphatic carbocycles. The van der Waals surface area contributed by atoms with Crippen molar-refractivity contribution in [3.05, 3.63) is 52.0 Å². The molecular weight excluding hydrogens is 452 g/mol. The Morgan fingerprint density at radius 1 is 1.20 bits per heavy atom. The molecule has 0 bridgehead atoms. The number of thiophene rings is 1. The molecule has 2 atom stereocenters. The van der Waals surface area contributed by atoms with E-state index in [1.807, 2.05) is 10.9 Å². The summed E-state index contributed by atoms with van der Waals surface area (Å²) in [6.45, 7) is 1.12. The smallest absolute Gasteiger partial charge is 0.383 e. The Hall–Kier alpha value is -2.51. The Balaban J connectivity index is 2.09. The highest BCUT2D eigenvalue weighted by Gasteiger charge is 2.39. The van der Waals surface area contributed by atoms with Crippen molar-refractivity contribution in [3.63, 3.8) is 0 Å². The van der Waals surface area contributed by atoms with Crippen LogP contribution >= 0.6 is 11.3 Å². The van der Waals surface area contributed by atoms with Crippen molar-refractivity contribution in [3.8, 4) is 0 Å². The summed E-state index contributed by atoms with van der Waals surface area (Å²) in [6.07, 6.45) is -7.09. The fraction of sp³-hybridized carbons (Fsp3) is 0.294. The third-order valence-corrected chi connectivity index (χ3v) is 6.63. The van der Waals surface area contributed by atoms with Crippen molar-refractivity contribution >= 4 is 33.0 Å². The number of hydrogen-bond donors (Lipinski definition) is 3. The van der Waals surface area contributed by atoms with E-state index in [2.05, 4.69) is 0 Å². The highest BCUT2D eigenvalue weighted by Crippen LogP contribution is 2.35. The molecule has 30 heavy (non-hydrogen) atoms. The topological polar surface area (TPSA) is 113 Å². The van der Waals surface area contributed by atoms with Crippen LogP contribution < -0.4 is 10.9 Å². The van der Waals surface area contributed by atoms with E-state index in [-0.39, 0.29) is 11.6 Å². The number of hydrogen-bond acceptors (Lipinski definition) is 6. The fourth-order valence-electron chi connectivity index (χ4n) is 2.44. The summed E-state index contributed by atoms with van der Waals surface area (Å²) < 4.78 is 77.3. The van der Waals surface area contributed by atoms with Gasteiger partial charge in [-0.15, -0.1) is 0 Å². The van der Waals surface area contributed by atoms with E-state index in [4.69, 9.17) is 0 Å². The number of hydrazine groups is 1. The molecule has 3 N–H and O–H groups in total. The van der Waals surface area contributed by atoms with Gasteiger partial charge in [-0.25, -0.2) is 12.8 Å². The molecule has 0 aliphatic heterocycles. The maximum Gasteiger partial charge on any atom is 0.417 e. The molecule has 0 aliphatic rings. The number of alkyl halides is 3. The minimum atomic E-state index is -5.13. The van der Waals surface area contributed by atoms with Crippen LogP contribution in [-0.2, 0) is 20.8 Å². The van der Waals surface area contributed by atoms with Gasteiger partial charge >= 0.3 is 6.18 Å². The molecule has 0 saturated carbocycles. The lowest BCUT2D eigenvalue weighted by Crippen LogP contribution is -2.48. The quantitative estimate of drug-likeness (QED) is 0.342. The van der Waals surface area contributed by atoms with E-state index in [0.29, 0.717) is 12.1 Å². The summed E-state index contributed by atoms with van der Waals surface area (Å²) in [6, 6.07) is 2.57. The molecule has 13 heteroatoms. The van der Waals surface area contributed by atoms with E-state index in [9.17, 15) is 40.7 Å². The predicted octanol–water partition coefficient (Wildman–Crippen LogP) is 2.14. The highest BCUT2D eigenvalue weighted by atomic mass is 32.2. The van der Waals surface area contributed by atoms with E-state index < -0.39 is 61.9 Å². The fourth-order valence-corrected chi connectivity index (χ4v) is 4.91. The van der Waals surface area contributed by atoms with Gasteiger partial charge in [0.15, 0.2) is 9.84 Å². The number of amides is 2. The van der Waals surface area contributed by atoms with E-state index in [0.717, 1.165) is 6.92 Å². The van der Waals surface area contributed by atoms with Crippen LogP contribution in [-0.4, -0.2) is 37.2 Å². The number of rotatable bonds is 6. The van der Waals surface area contributed by atoms with Crippen molar-refractivity contribution in [2.24, 2.45) is 5.92 Å². The SMILES string of the molecule is CC(CS(=O)(=O)c1ccc(F)cc1C(F)(F)F)[C@H](O)C(=O)NNC(=O)c1ccsc1. The van der Waals surface area contributed by atoms with Crippen LogP contribution in [0.5, 0.6) is 0 Å². The first-order chi connectivity index (χ1) is 13.8. The molecule has 2 aromatic rings. The zero-order valence-corrected chi connectivity index (χ0v) is 16.9. The molecule has 0 spiro atoms. The van der Waals surface area contributed by atoms with Gasteiger partial charge < -0.3 is 5.11 Å². The molecule has 164 valence electrons. The maximum absolute atomic E-state index is 13.2. The first-order valence-corrected chi connectivity index (χ1v) is 10.8. The molecule has 1 aromatic carbocycles. The second-order valence-corrected chi connectivity index (χ2v) is 9.08. The molecule has 0 radical (unpaired) electrons. The maximum atomic E-state index is 13.2. The zero-order valence-electron chi connectivity index (χ0n) is 15.2. The minimum absolute atomic E-state index is 0.0562. The van der Waals surface area contributed by atoms with Gasteiger partial charge in [-0.3, -0.25) is 20.4 Å². The third kappa shape index (κ3) is 5.77. The van der Waals surface area contributed by atoms with Gasteiger partial charge in [0.1, 0.15) is 11.9 Å². The van der Waals surface area contributed by atoms with Gasteiger partial charge in [-0.2, -0.15) is 24.5 Å². The van der Waals surface area contributed by atoms with Gasteiger partial charge in [0.05, 0.1) is 21.8 Å². The number of carbonyl (C=O) groups excluding carboxylic acids is 2. The summed E-state index contributed by atoms with van der Waals surface area (Å²) in [5.41, 5.74) is 2.48. The first-order valence-electron chi connectivity index (χ1n) is 8.23. The number of halogens is 4. The monoisotopic (exact) mass is 468 g/mol. The number of aliphatic hydroxyl groups excluding tert-OH is 1. The number of benzene rings is 1. The van der Waals surface area contributed by atoms with Crippen LogP contribution in [0.15, 0.2) is 39.9 Å². The predicted molar refractivity (Wildman–Crippen MR) is 98.6 cm³/mol. The largest absolute Gasteiger partial charge is 0.417 e. The summed E-state index contributed by atoms with van der Waals surface area (Å²) in [4.78, 5) is 22.5. The second kappa shape index (κ2) is 9.10. The summed E-state index contributed by atoms with van der Waals surface area (Å²) in [7, 11) is -4.65. The van der Waals surface area contributed by atoms with E-state index in [1.54, 1.807) is 5.38 Å². The van der Waals surface area contributed by atoms with Crippen LogP contribution in [0.3, 0.4) is 0 Å². The molecule has 7 nitrogen and oxygen atoms in total. The first kappa shape index (κ1) is 23.8. The molecule has 2 amide bonds. The number of sulfone groups is 1. The van der Waals surface area contributed by atoms with Crippen LogP contribution in [0.25, 0.3) is 0 Å². The van der Waals surface area contributed by atoms with Crippen molar-refractivity contribution in [1.82, 2.24) is 10.9 Å². The Kier molecular flexibility index (Phi) is 7.21. The Morgan fingerprint density at radius 3 is 2.43 bits per heavy atom. The number of carbonyl (C=O) groups is 2. The Morgan fingerprint density at radius 2 is 1.87 bits per heavy atom. The van der Waals surface area contributed by atoms with Crippen LogP contribution in [0, 0.1) is 11.7 Å². The molecule has 1 aromatic heterocycles. The molecule has 1 unspecified atom stereocenters. The molecule has 1 heterocycles. The average molecular weight is 468 g/mol. The standard InChI is InChI=1S/C17H16F4N2O5S2/c1-9(14(24)16(26)23-22-15(25)10-4-5-29-7-10)8-30(27,28)13-3-2-11(18)6-12(13)17(19,20)21/h2-7,9,14,24H,8H2,1H3,(H,22,25)(H,23,26)/t9?,14-/m0/s1. The summed E-state index contributed by atoms with van der Waals surface area (Å²) >= 11 is 1.23. The number of aliphatic hydroxyl groups is 1. The molecule has 0 fully saturated rings. The van der Waals surface area contributed by atoms with Crippen LogP contribution in [0.4, 0.5) is 17.6 Å². The lowest BCUT2D eigenvalue weighted by atomic mass is 10.1. The van der Waals surface area contributed by atoms with Crippen LogP contribution in [0.2, 0.25) is 0 Å². The second-order valence-electron chi connectivity index (χ2n) is 6.30. The van der Waals surface area contributed by atoms with Gasteiger partial charge in [0, 0.05) is 11.3 Å². The number of nitrogens with one attached hydrogen (secondary N) is 2. The zero-order chi connectivity index (χ0) is 22.7. The summed E-state index contributed by atoms with van der Waals surface area (Å²) in [5.74, 6) is -5.49. The normalized spacial score (nSPS) is 14.1. The average Bonchev–Trinajstić information content (AvgIpc) is 3.18. The minimum Gasteiger partial charge on any atom is -0.383 e. The molecule has 2 rings (SSSR count). The van der Waals surface area contributed by atoms with E-state index >= 15 is 0 Å². The lowest BCUT2D eigenvalue weighted by molar-refractivity contribution is -0.140. The summed E-state index contributed by atoms with van der Waals surface area (Å²) in [5, 5.41) is 13.1. The van der Waals surface area contributed by atoms with E-state index in [1.165, 1.54) is 22.8 Å². The van der Waals surface area contributed by atoms with Gasteiger partial charge in [0.25, 0.3) is 11.8 Å². The van der Waals surface area contributed by atoms with Gasteiger partial charge in [0.2, 0.25) is 0 Å². The lowest BCUT2D eigenvalue weighted by Gasteiger charge is -2.20. The van der Waals surface area contributed by atoms with Crippen molar-refractivity contribution in [2.75, 3.05) is 5.75 Å².